The Morgan fingerprint density at radius 2 is 1.74 bits per heavy atom. The van der Waals surface area contributed by atoms with Crippen molar-refractivity contribution in [3.63, 3.8) is 0 Å². The van der Waals surface area contributed by atoms with Crippen LogP contribution in [0.4, 0.5) is 0 Å². The maximum absolute atomic E-state index is 10.6. The molecule has 1 fully saturated rings. The van der Waals surface area contributed by atoms with Gasteiger partial charge in [0.05, 0.1) is 12.6 Å². The third kappa shape index (κ3) is 4.26. The van der Waals surface area contributed by atoms with Crippen LogP contribution in [0.5, 0.6) is 0 Å². The summed E-state index contributed by atoms with van der Waals surface area (Å²) in [6.07, 6.45) is 1.55. The average Bonchev–Trinajstić information content (AvgIpc) is 3.18. The topological polar surface area (TPSA) is 62.4 Å². The molecular formula is C22H25N3O2. The Hall–Kier alpha value is -2.50. The van der Waals surface area contributed by atoms with Crippen molar-refractivity contribution < 1.29 is 9.52 Å². The van der Waals surface area contributed by atoms with Gasteiger partial charge in [0.2, 0.25) is 11.8 Å². The monoisotopic (exact) mass is 363 g/mol. The van der Waals surface area contributed by atoms with E-state index in [0.29, 0.717) is 24.2 Å². The van der Waals surface area contributed by atoms with Crippen LogP contribution in [0, 0.1) is 12.8 Å². The van der Waals surface area contributed by atoms with Crippen molar-refractivity contribution in [2.45, 2.75) is 32.4 Å². The van der Waals surface area contributed by atoms with E-state index in [1.165, 1.54) is 5.56 Å². The van der Waals surface area contributed by atoms with Crippen LogP contribution in [-0.4, -0.2) is 33.3 Å². The fourth-order valence-electron chi connectivity index (χ4n) is 3.67. The quantitative estimate of drug-likeness (QED) is 0.743. The van der Waals surface area contributed by atoms with Crippen molar-refractivity contribution >= 4 is 0 Å². The summed E-state index contributed by atoms with van der Waals surface area (Å²) >= 11 is 0. The van der Waals surface area contributed by atoms with Gasteiger partial charge in [0, 0.05) is 5.56 Å². The van der Waals surface area contributed by atoms with E-state index in [-0.39, 0.29) is 6.10 Å². The zero-order valence-corrected chi connectivity index (χ0v) is 15.6. The molecule has 1 N–H and O–H groups in total. The Bertz CT molecular complexity index is 853. The van der Waals surface area contributed by atoms with Gasteiger partial charge in [0.15, 0.2) is 0 Å². The number of aryl methyl sites for hydroxylation is 1. The molecule has 0 spiro atoms. The lowest BCUT2D eigenvalue weighted by molar-refractivity contribution is 0.0544. The van der Waals surface area contributed by atoms with Crippen LogP contribution in [0.1, 0.15) is 36.0 Å². The molecule has 3 aromatic rings. The van der Waals surface area contributed by atoms with Crippen LogP contribution in [0.25, 0.3) is 11.5 Å². The first-order valence-corrected chi connectivity index (χ1v) is 9.54. The van der Waals surface area contributed by atoms with Crippen LogP contribution < -0.4 is 0 Å². The molecule has 1 aliphatic heterocycles. The van der Waals surface area contributed by atoms with E-state index in [0.717, 1.165) is 37.1 Å². The van der Waals surface area contributed by atoms with Gasteiger partial charge in [-0.3, -0.25) is 4.90 Å². The summed E-state index contributed by atoms with van der Waals surface area (Å²) < 4.78 is 5.84. The molecule has 0 radical (unpaired) electrons. The van der Waals surface area contributed by atoms with Gasteiger partial charge in [0.25, 0.3) is 0 Å². The Labute approximate surface area is 159 Å². The molecule has 140 valence electrons. The largest absolute Gasteiger partial charge is 0.419 e. The molecule has 0 saturated carbocycles. The predicted octanol–water partition coefficient (Wildman–Crippen LogP) is 3.99. The van der Waals surface area contributed by atoms with Crippen molar-refractivity contribution in [3.8, 4) is 11.5 Å². The summed E-state index contributed by atoms with van der Waals surface area (Å²) in [5.74, 6) is 1.52. The second-order valence-electron chi connectivity index (χ2n) is 7.34. The number of aliphatic hydroxyl groups is 1. The van der Waals surface area contributed by atoms with Gasteiger partial charge in [-0.2, -0.15) is 0 Å². The minimum absolute atomic E-state index is 0.300. The molecule has 1 aliphatic rings. The van der Waals surface area contributed by atoms with Gasteiger partial charge < -0.3 is 9.52 Å². The van der Waals surface area contributed by atoms with E-state index in [2.05, 4.69) is 22.0 Å². The number of nitrogens with zero attached hydrogens (tertiary/aromatic N) is 3. The van der Waals surface area contributed by atoms with Crippen LogP contribution in [0.15, 0.2) is 59.0 Å². The molecule has 0 bridgehead atoms. The zero-order valence-electron chi connectivity index (χ0n) is 15.6. The Balaban J connectivity index is 1.32. The molecule has 1 saturated heterocycles. The number of piperidine rings is 1. The minimum Gasteiger partial charge on any atom is -0.419 e. The first kappa shape index (κ1) is 17.9. The molecule has 1 unspecified atom stereocenters. The standard InChI is InChI=1S/C22H25N3O2/c1-16-7-9-19(10-8-16)22-24-23-20(27-22)15-25-13-11-18(12-14-25)21(26)17-5-3-2-4-6-17/h2-10,18,21,26H,11-15H2,1H3. The highest BCUT2D eigenvalue weighted by molar-refractivity contribution is 5.52. The first-order chi connectivity index (χ1) is 13.2. The Kier molecular flexibility index (Phi) is 5.32. The van der Waals surface area contributed by atoms with Crippen molar-refractivity contribution in [2.24, 2.45) is 5.92 Å². The number of hydrogen-bond donors (Lipinski definition) is 1. The summed E-state index contributed by atoms with van der Waals surface area (Å²) in [5, 5.41) is 19.0. The summed E-state index contributed by atoms with van der Waals surface area (Å²) in [6.45, 7) is 4.57. The van der Waals surface area contributed by atoms with E-state index in [4.69, 9.17) is 4.42 Å². The molecule has 2 heterocycles. The van der Waals surface area contributed by atoms with Crippen LogP contribution in [0.2, 0.25) is 0 Å². The van der Waals surface area contributed by atoms with Crippen LogP contribution in [-0.2, 0) is 6.54 Å². The second-order valence-corrected chi connectivity index (χ2v) is 7.34. The molecule has 0 amide bonds. The highest BCUT2D eigenvalue weighted by atomic mass is 16.4. The predicted molar refractivity (Wildman–Crippen MR) is 104 cm³/mol. The van der Waals surface area contributed by atoms with Gasteiger partial charge in [0.1, 0.15) is 0 Å². The third-order valence-electron chi connectivity index (χ3n) is 5.34. The number of benzene rings is 2. The lowest BCUT2D eigenvalue weighted by atomic mass is 9.87. The molecule has 1 atom stereocenters. The van der Waals surface area contributed by atoms with Crippen molar-refractivity contribution in [3.05, 3.63) is 71.6 Å². The fourth-order valence-corrected chi connectivity index (χ4v) is 3.67. The number of hydrogen-bond acceptors (Lipinski definition) is 5. The van der Waals surface area contributed by atoms with Crippen molar-refractivity contribution in [1.29, 1.82) is 0 Å². The first-order valence-electron chi connectivity index (χ1n) is 9.54. The van der Waals surface area contributed by atoms with Crippen molar-refractivity contribution in [1.82, 2.24) is 15.1 Å². The lowest BCUT2D eigenvalue weighted by Gasteiger charge is -2.33. The molecule has 27 heavy (non-hydrogen) atoms. The minimum atomic E-state index is -0.384. The third-order valence-corrected chi connectivity index (χ3v) is 5.34. The van der Waals surface area contributed by atoms with Gasteiger partial charge in [-0.25, -0.2) is 0 Å². The number of aromatic nitrogens is 2. The summed E-state index contributed by atoms with van der Waals surface area (Å²) in [4.78, 5) is 2.32. The van der Waals surface area contributed by atoms with E-state index in [1.54, 1.807) is 0 Å². The molecule has 2 aromatic carbocycles. The van der Waals surface area contributed by atoms with Crippen LogP contribution >= 0.6 is 0 Å². The van der Waals surface area contributed by atoms with E-state index < -0.39 is 0 Å². The Morgan fingerprint density at radius 1 is 1.04 bits per heavy atom. The summed E-state index contributed by atoms with van der Waals surface area (Å²) in [7, 11) is 0. The second kappa shape index (κ2) is 8.03. The molecule has 0 aliphatic carbocycles. The fraction of sp³-hybridized carbons (Fsp3) is 0.364. The normalized spacial score (nSPS) is 17.1. The lowest BCUT2D eigenvalue weighted by Crippen LogP contribution is -2.35. The molecule has 5 nitrogen and oxygen atoms in total. The highest BCUT2D eigenvalue weighted by Gasteiger charge is 2.27. The van der Waals surface area contributed by atoms with Crippen LogP contribution in [0.3, 0.4) is 0 Å². The van der Waals surface area contributed by atoms with E-state index in [1.807, 2.05) is 54.6 Å². The Morgan fingerprint density at radius 3 is 2.44 bits per heavy atom. The van der Waals surface area contributed by atoms with E-state index in [9.17, 15) is 5.11 Å². The van der Waals surface area contributed by atoms with Gasteiger partial charge in [-0.05, 0) is 56.5 Å². The number of likely N-dealkylation sites (tertiary alicyclic amines) is 1. The molecule has 1 aromatic heterocycles. The van der Waals surface area contributed by atoms with Crippen molar-refractivity contribution in [2.75, 3.05) is 13.1 Å². The summed E-state index contributed by atoms with van der Waals surface area (Å²) in [5.41, 5.74) is 3.17. The maximum Gasteiger partial charge on any atom is 0.247 e. The van der Waals surface area contributed by atoms with Gasteiger partial charge in [-0.15, -0.1) is 10.2 Å². The van der Waals surface area contributed by atoms with Gasteiger partial charge in [-0.1, -0.05) is 48.0 Å². The highest BCUT2D eigenvalue weighted by Crippen LogP contribution is 2.31. The SMILES string of the molecule is Cc1ccc(-c2nnc(CN3CCC(C(O)c4ccccc4)CC3)o2)cc1. The average molecular weight is 363 g/mol. The molecular weight excluding hydrogens is 338 g/mol. The molecule has 5 heteroatoms. The number of aliphatic hydroxyl groups excluding tert-OH is 1. The smallest absolute Gasteiger partial charge is 0.247 e. The maximum atomic E-state index is 10.6. The van der Waals surface area contributed by atoms with E-state index >= 15 is 0 Å². The summed E-state index contributed by atoms with van der Waals surface area (Å²) in [6, 6.07) is 18.0. The van der Waals surface area contributed by atoms with Gasteiger partial charge >= 0.3 is 0 Å². The zero-order chi connectivity index (χ0) is 18.6. The number of rotatable bonds is 5. The molecule has 4 rings (SSSR count).